The highest BCUT2D eigenvalue weighted by atomic mass is 16.5. The molecule has 0 amide bonds. The average molecular weight is 509 g/mol. The van der Waals surface area contributed by atoms with Gasteiger partial charge in [-0.05, 0) is 48.5 Å². The van der Waals surface area contributed by atoms with Gasteiger partial charge in [0.15, 0.2) is 0 Å². The van der Waals surface area contributed by atoms with Crippen LogP contribution in [0.1, 0.15) is 22.7 Å². The molecule has 0 aliphatic carbocycles. The maximum atomic E-state index is 13.3. The van der Waals surface area contributed by atoms with E-state index in [9.17, 15) is 19.8 Å². The second-order valence-corrected chi connectivity index (χ2v) is 8.51. The third kappa shape index (κ3) is 3.66. The molecule has 38 heavy (non-hydrogen) atoms. The molecule has 3 aromatic heterocycles. The van der Waals surface area contributed by atoms with E-state index in [2.05, 4.69) is 10.3 Å². The number of rotatable bonds is 5. The second-order valence-electron chi connectivity index (χ2n) is 8.51. The number of ether oxygens (including phenoxy) is 1. The van der Waals surface area contributed by atoms with Gasteiger partial charge in [-0.3, -0.25) is 0 Å². The van der Waals surface area contributed by atoms with Crippen molar-refractivity contribution in [3.8, 4) is 22.9 Å². The van der Waals surface area contributed by atoms with Crippen molar-refractivity contribution in [1.29, 1.82) is 0 Å². The topological polar surface area (TPSA) is 141 Å². The predicted molar refractivity (Wildman–Crippen MR) is 137 cm³/mol. The minimum absolute atomic E-state index is 0.0941. The number of hydrogen-bond donors (Lipinski definition) is 2. The van der Waals surface area contributed by atoms with Gasteiger partial charge in [0.2, 0.25) is 0 Å². The number of methoxy groups -OCH3 is 1. The van der Waals surface area contributed by atoms with Crippen molar-refractivity contribution in [2.75, 3.05) is 7.11 Å². The second kappa shape index (κ2) is 8.93. The fourth-order valence-electron chi connectivity index (χ4n) is 4.52. The van der Waals surface area contributed by atoms with Crippen LogP contribution in [0.5, 0.6) is 17.2 Å². The van der Waals surface area contributed by atoms with Crippen molar-refractivity contribution in [3.63, 3.8) is 0 Å². The van der Waals surface area contributed by atoms with Gasteiger partial charge in [0.05, 0.1) is 52.5 Å². The molecule has 0 unspecified atom stereocenters. The Morgan fingerprint density at radius 2 is 1.32 bits per heavy atom. The van der Waals surface area contributed by atoms with Gasteiger partial charge in [-0.1, -0.05) is 29.5 Å². The van der Waals surface area contributed by atoms with E-state index < -0.39 is 28.7 Å². The van der Waals surface area contributed by atoms with Crippen LogP contribution in [0.4, 0.5) is 0 Å². The highest BCUT2D eigenvalue weighted by Gasteiger charge is 2.34. The van der Waals surface area contributed by atoms with Crippen molar-refractivity contribution in [2.24, 2.45) is 0 Å². The fraction of sp³-hybridized carbons (Fsp3) is 0.0714. The normalized spacial score (nSPS) is 11.4. The number of benzene rings is 3. The molecule has 0 fully saturated rings. The van der Waals surface area contributed by atoms with E-state index in [4.69, 9.17) is 13.6 Å². The van der Waals surface area contributed by atoms with Gasteiger partial charge in [-0.2, -0.15) is 0 Å². The summed E-state index contributed by atoms with van der Waals surface area (Å²) in [6.07, 6.45) is 1.49. The van der Waals surface area contributed by atoms with Crippen LogP contribution in [0.15, 0.2) is 97.4 Å². The van der Waals surface area contributed by atoms with Crippen LogP contribution in [0.3, 0.4) is 0 Å². The molecule has 0 radical (unpaired) electrons. The molecule has 0 saturated carbocycles. The molecule has 6 rings (SSSR count). The lowest BCUT2D eigenvalue weighted by Crippen LogP contribution is -2.21. The lowest BCUT2D eigenvalue weighted by Gasteiger charge is -2.17. The molecular weight excluding hydrogens is 490 g/mol. The summed E-state index contributed by atoms with van der Waals surface area (Å²) in [7, 11) is 1.55. The monoisotopic (exact) mass is 509 g/mol. The van der Waals surface area contributed by atoms with Gasteiger partial charge in [-0.15, -0.1) is 5.10 Å². The van der Waals surface area contributed by atoms with E-state index in [1.807, 2.05) is 0 Å². The maximum absolute atomic E-state index is 13.3. The van der Waals surface area contributed by atoms with E-state index in [1.165, 1.54) is 23.0 Å². The van der Waals surface area contributed by atoms with Crippen LogP contribution in [-0.4, -0.2) is 32.3 Å². The van der Waals surface area contributed by atoms with E-state index in [0.29, 0.717) is 11.4 Å². The number of aromatic hydroxyl groups is 2. The lowest BCUT2D eigenvalue weighted by atomic mass is 9.88. The SMILES string of the molecule is COc1ccc(-n2cc(C(c3c(O)c4ccccc4oc3=O)c3c(O)c4ccccc4oc3=O)nn2)cc1. The Labute approximate surface area is 213 Å². The first kappa shape index (κ1) is 23.0. The summed E-state index contributed by atoms with van der Waals surface area (Å²) in [5, 5.41) is 31.4. The molecule has 0 aliphatic heterocycles. The average Bonchev–Trinajstić information content (AvgIpc) is 3.42. The van der Waals surface area contributed by atoms with Crippen molar-refractivity contribution in [3.05, 3.63) is 117 Å². The molecule has 0 spiro atoms. The van der Waals surface area contributed by atoms with Gasteiger partial charge in [0, 0.05) is 0 Å². The van der Waals surface area contributed by atoms with Gasteiger partial charge in [0.25, 0.3) is 0 Å². The third-order valence-electron chi connectivity index (χ3n) is 6.36. The molecule has 3 heterocycles. The molecule has 3 aromatic carbocycles. The molecule has 10 heteroatoms. The van der Waals surface area contributed by atoms with Gasteiger partial charge < -0.3 is 23.8 Å². The van der Waals surface area contributed by atoms with Crippen LogP contribution >= 0.6 is 0 Å². The number of para-hydroxylation sites is 2. The van der Waals surface area contributed by atoms with Crippen LogP contribution in [0.2, 0.25) is 0 Å². The molecule has 0 aliphatic rings. The van der Waals surface area contributed by atoms with Crippen molar-refractivity contribution >= 4 is 21.9 Å². The Bertz CT molecular complexity index is 1840. The maximum Gasteiger partial charge on any atom is 0.344 e. The molecular formula is C28H19N3O7. The number of hydrogen-bond acceptors (Lipinski definition) is 9. The minimum Gasteiger partial charge on any atom is -0.507 e. The Hall–Kier alpha value is -5.38. The Balaban J connectivity index is 1.63. The molecule has 0 bridgehead atoms. The van der Waals surface area contributed by atoms with E-state index in [1.54, 1.807) is 67.8 Å². The first-order valence-corrected chi connectivity index (χ1v) is 11.5. The highest BCUT2D eigenvalue weighted by molar-refractivity contribution is 5.86. The number of nitrogens with zero attached hydrogens (tertiary/aromatic N) is 3. The summed E-state index contributed by atoms with van der Waals surface area (Å²) in [4.78, 5) is 26.5. The lowest BCUT2D eigenvalue weighted by molar-refractivity contribution is 0.414. The van der Waals surface area contributed by atoms with E-state index in [-0.39, 0.29) is 38.8 Å². The molecule has 0 saturated heterocycles. The summed E-state index contributed by atoms with van der Waals surface area (Å²) in [6.45, 7) is 0. The third-order valence-corrected chi connectivity index (χ3v) is 6.36. The Morgan fingerprint density at radius 3 is 1.84 bits per heavy atom. The Kier molecular flexibility index (Phi) is 5.42. The van der Waals surface area contributed by atoms with E-state index >= 15 is 0 Å². The minimum atomic E-state index is -1.37. The van der Waals surface area contributed by atoms with Crippen LogP contribution < -0.4 is 16.0 Å². The zero-order valence-corrected chi connectivity index (χ0v) is 19.9. The highest BCUT2D eigenvalue weighted by Crippen LogP contribution is 2.41. The van der Waals surface area contributed by atoms with Crippen LogP contribution in [0.25, 0.3) is 27.6 Å². The van der Waals surface area contributed by atoms with E-state index in [0.717, 1.165) is 0 Å². The molecule has 188 valence electrons. The standard InChI is InChI=1S/C28H19N3O7/c1-36-16-12-10-15(11-13-16)31-14-19(29-30-31)22(23-25(32)17-6-2-4-8-20(17)37-27(23)34)24-26(33)18-7-3-5-9-21(18)38-28(24)35/h2-14,22,32-33H,1H3. The number of fused-ring (bicyclic) bond motifs is 2. The first-order chi connectivity index (χ1) is 18.5. The van der Waals surface area contributed by atoms with Crippen LogP contribution in [0, 0.1) is 0 Å². The molecule has 2 N–H and O–H groups in total. The smallest absolute Gasteiger partial charge is 0.344 e. The zero-order chi connectivity index (χ0) is 26.4. The molecule has 6 aromatic rings. The zero-order valence-electron chi connectivity index (χ0n) is 19.9. The van der Waals surface area contributed by atoms with Crippen molar-refractivity contribution in [1.82, 2.24) is 15.0 Å². The first-order valence-electron chi connectivity index (χ1n) is 11.5. The summed E-state index contributed by atoms with van der Waals surface area (Å²) < 4.78 is 17.6. The van der Waals surface area contributed by atoms with Gasteiger partial charge >= 0.3 is 11.3 Å². The molecule has 10 nitrogen and oxygen atoms in total. The Morgan fingerprint density at radius 1 is 0.789 bits per heavy atom. The van der Waals surface area contributed by atoms with Crippen molar-refractivity contribution < 1.29 is 23.8 Å². The summed E-state index contributed by atoms with van der Waals surface area (Å²) >= 11 is 0. The summed E-state index contributed by atoms with van der Waals surface area (Å²) in [5.41, 5.74) is -1.35. The van der Waals surface area contributed by atoms with Crippen LogP contribution in [-0.2, 0) is 0 Å². The summed E-state index contributed by atoms with van der Waals surface area (Å²) in [5.74, 6) is -1.55. The largest absolute Gasteiger partial charge is 0.507 e. The van der Waals surface area contributed by atoms with Gasteiger partial charge in [0.1, 0.15) is 28.4 Å². The summed E-state index contributed by atoms with van der Waals surface area (Å²) in [6, 6.07) is 19.9. The number of aromatic nitrogens is 3. The quantitative estimate of drug-likeness (QED) is 0.329. The molecule has 0 atom stereocenters. The predicted octanol–water partition coefficient (Wildman–Crippen LogP) is 4.08. The van der Waals surface area contributed by atoms with Crippen molar-refractivity contribution in [2.45, 2.75) is 5.92 Å². The fourth-order valence-corrected chi connectivity index (χ4v) is 4.52. The van der Waals surface area contributed by atoms with Gasteiger partial charge in [-0.25, -0.2) is 14.3 Å².